The van der Waals surface area contributed by atoms with Gasteiger partial charge in [0.05, 0.1) is 4.92 Å². The number of nitrogens with zero attached hydrogens (tertiary/aromatic N) is 2. The fraction of sp³-hybridized carbons (Fsp3) is 0.571. The van der Waals surface area contributed by atoms with Crippen LogP contribution in [0.3, 0.4) is 0 Å². The largest absolute Gasteiger partial charge is 0.370 e. The van der Waals surface area contributed by atoms with Gasteiger partial charge in [-0.1, -0.05) is 11.6 Å². The van der Waals surface area contributed by atoms with Crippen molar-refractivity contribution >= 4 is 23.0 Å². The van der Waals surface area contributed by atoms with E-state index in [1.807, 2.05) is 6.92 Å². The van der Waals surface area contributed by atoms with Gasteiger partial charge in [0, 0.05) is 30.9 Å². The molecule has 0 spiro atoms. The summed E-state index contributed by atoms with van der Waals surface area (Å²) in [7, 11) is 0. The molecule has 0 bridgehead atoms. The van der Waals surface area contributed by atoms with Crippen LogP contribution in [-0.4, -0.2) is 30.6 Å². The second kappa shape index (κ2) is 6.41. The third-order valence-electron chi connectivity index (χ3n) is 3.79. The minimum absolute atomic E-state index is 0.0250. The van der Waals surface area contributed by atoms with E-state index in [1.165, 1.54) is 12.8 Å². The Morgan fingerprint density at radius 1 is 1.55 bits per heavy atom. The second-order valence-electron chi connectivity index (χ2n) is 5.18. The van der Waals surface area contributed by atoms with Gasteiger partial charge < -0.3 is 10.2 Å². The lowest BCUT2D eigenvalue weighted by Crippen LogP contribution is -2.37. The van der Waals surface area contributed by atoms with Gasteiger partial charge in [0.1, 0.15) is 5.02 Å². The molecule has 5 nitrogen and oxygen atoms in total. The number of benzene rings is 1. The van der Waals surface area contributed by atoms with E-state index in [0.717, 1.165) is 30.9 Å². The van der Waals surface area contributed by atoms with Gasteiger partial charge in [-0.3, -0.25) is 10.1 Å². The molecule has 1 saturated heterocycles. The number of nitrogens with one attached hydrogen (secondary N) is 1. The lowest BCUT2D eigenvalue weighted by Gasteiger charge is -2.28. The number of halogens is 1. The highest BCUT2D eigenvalue weighted by molar-refractivity contribution is 6.33. The van der Waals surface area contributed by atoms with E-state index in [9.17, 15) is 10.1 Å². The van der Waals surface area contributed by atoms with Gasteiger partial charge in [-0.2, -0.15) is 0 Å². The van der Waals surface area contributed by atoms with Gasteiger partial charge in [0.15, 0.2) is 0 Å². The van der Waals surface area contributed by atoms with E-state index < -0.39 is 4.92 Å². The first-order valence-electron chi connectivity index (χ1n) is 6.95. The number of rotatable bonds is 5. The van der Waals surface area contributed by atoms with Crippen molar-refractivity contribution in [2.24, 2.45) is 0 Å². The van der Waals surface area contributed by atoms with Gasteiger partial charge in [-0.25, -0.2) is 0 Å². The van der Waals surface area contributed by atoms with Crippen molar-refractivity contribution in [3.8, 4) is 0 Å². The highest BCUT2D eigenvalue weighted by atomic mass is 35.5. The highest BCUT2D eigenvalue weighted by Gasteiger charge is 2.21. The molecule has 0 amide bonds. The molecule has 2 rings (SSSR count). The van der Waals surface area contributed by atoms with E-state index in [-0.39, 0.29) is 10.7 Å². The van der Waals surface area contributed by atoms with Gasteiger partial charge >= 0.3 is 0 Å². The lowest BCUT2D eigenvalue weighted by molar-refractivity contribution is -0.384. The number of hydrogen-bond donors (Lipinski definition) is 1. The van der Waals surface area contributed by atoms with Crippen LogP contribution in [0.4, 0.5) is 11.4 Å². The Hall–Kier alpha value is -1.33. The van der Waals surface area contributed by atoms with Crippen molar-refractivity contribution in [3.63, 3.8) is 0 Å². The average Bonchev–Trinajstić information content (AvgIpc) is 2.91. The number of nitro benzene ring substituents is 1. The van der Waals surface area contributed by atoms with E-state index in [0.29, 0.717) is 6.04 Å². The van der Waals surface area contributed by atoms with Crippen LogP contribution in [0.2, 0.25) is 5.02 Å². The molecule has 1 aliphatic rings. The fourth-order valence-electron chi connectivity index (χ4n) is 2.71. The number of anilines is 1. The van der Waals surface area contributed by atoms with Crippen molar-refractivity contribution in [3.05, 3.63) is 32.8 Å². The predicted molar refractivity (Wildman–Crippen MR) is 81.8 cm³/mol. The maximum absolute atomic E-state index is 10.9. The standard InChI is InChI=1S/C14H20ClN3O2/c1-3-17(9-11-5-4-6-16-11)13-8-12(15)14(18(19)20)7-10(13)2/h7-8,11,16H,3-6,9H2,1-2H3. The number of nitro groups is 1. The molecule has 0 aliphatic carbocycles. The Labute approximate surface area is 124 Å². The Morgan fingerprint density at radius 3 is 2.85 bits per heavy atom. The van der Waals surface area contributed by atoms with Crippen molar-refractivity contribution in [2.75, 3.05) is 24.5 Å². The van der Waals surface area contributed by atoms with Crippen LogP contribution >= 0.6 is 11.6 Å². The van der Waals surface area contributed by atoms with E-state index in [2.05, 4.69) is 17.1 Å². The normalized spacial score (nSPS) is 18.2. The molecule has 110 valence electrons. The van der Waals surface area contributed by atoms with Crippen LogP contribution in [0.1, 0.15) is 25.3 Å². The third kappa shape index (κ3) is 3.22. The van der Waals surface area contributed by atoms with Crippen LogP contribution < -0.4 is 10.2 Å². The molecule has 0 radical (unpaired) electrons. The maximum atomic E-state index is 10.9. The van der Waals surface area contributed by atoms with Crippen LogP contribution in [-0.2, 0) is 0 Å². The molecule has 1 aliphatic heterocycles. The first-order valence-corrected chi connectivity index (χ1v) is 7.33. The molecular formula is C14H20ClN3O2. The molecular weight excluding hydrogens is 278 g/mol. The van der Waals surface area contributed by atoms with Gasteiger partial charge in [-0.05, 0) is 44.9 Å². The summed E-state index contributed by atoms with van der Waals surface area (Å²) in [6.45, 7) is 6.81. The van der Waals surface area contributed by atoms with Crippen LogP contribution in [0.15, 0.2) is 12.1 Å². The summed E-state index contributed by atoms with van der Waals surface area (Å²) in [6.07, 6.45) is 2.39. The van der Waals surface area contributed by atoms with E-state index >= 15 is 0 Å². The zero-order chi connectivity index (χ0) is 14.7. The van der Waals surface area contributed by atoms with E-state index in [4.69, 9.17) is 11.6 Å². The lowest BCUT2D eigenvalue weighted by atomic mass is 10.1. The molecule has 1 unspecified atom stereocenters. The summed E-state index contributed by atoms with van der Waals surface area (Å²) in [5.41, 5.74) is 1.85. The summed E-state index contributed by atoms with van der Waals surface area (Å²) in [4.78, 5) is 12.7. The summed E-state index contributed by atoms with van der Waals surface area (Å²) >= 11 is 6.03. The molecule has 1 fully saturated rings. The Balaban J connectivity index is 2.24. The van der Waals surface area contributed by atoms with Gasteiger partial charge in [0.25, 0.3) is 5.69 Å². The van der Waals surface area contributed by atoms with E-state index in [1.54, 1.807) is 12.1 Å². The predicted octanol–water partition coefficient (Wildman–Crippen LogP) is 3.13. The topological polar surface area (TPSA) is 58.4 Å². The molecule has 6 heteroatoms. The maximum Gasteiger partial charge on any atom is 0.288 e. The molecule has 20 heavy (non-hydrogen) atoms. The second-order valence-corrected chi connectivity index (χ2v) is 5.59. The fourth-order valence-corrected chi connectivity index (χ4v) is 2.94. The van der Waals surface area contributed by atoms with Crippen molar-refractivity contribution in [2.45, 2.75) is 32.7 Å². The average molecular weight is 298 g/mol. The monoisotopic (exact) mass is 297 g/mol. The molecule has 1 atom stereocenters. The summed E-state index contributed by atoms with van der Waals surface area (Å²) in [5, 5.41) is 14.6. The Bertz CT molecular complexity index is 501. The summed E-state index contributed by atoms with van der Waals surface area (Å²) in [5.74, 6) is 0. The Kier molecular flexibility index (Phi) is 4.83. The van der Waals surface area contributed by atoms with Crippen molar-refractivity contribution in [1.82, 2.24) is 5.32 Å². The van der Waals surface area contributed by atoms with Crippen molar-refractivity contribution in [1.29, 1.82) is 0 Å². The molecule has 1 aromatic rings. The smallest absolute Gasteiger partial charge is 0.288 e. The molecule has 0 aromatic heterocycles. The van der Waals surface area contributed by atoms with Crippen LogP contribution in [0, 0.1) is 17.0 Å². The zero-order valence-electron chi connectivity index (χ0n) is 11.9. The molecule has 1 aromatic carbocycles. The zero-order valence-corrected chi connectivity index (χ0v) is 12.6. The number of aryl methyl sites for hydroxylation is 1. The van der Waals surface area contributed by atoms with Crippen LogP contribution in [0.25, 0.3) is 0 Å². The van der Waals surface area contributed by atoms with Gasteiger partial charge in [0.2, 0.25) is 0 Å². The third-order valence-corrected chi connectivity index (χ3v) is 4.09. The molecule has 0 saturated carbocycles. The number of hydrogen-bond acceptors (Lipinski definition) is 4. The highest BCUT2D eigenvalue weighted by Crippen LogP contribution is 2.32. The van der Waals surface area contributed by atoms with Crippen molar-refractivity contribution < 1.29 is 4.92 Å². The Morgan fingerprint density at radius 2 is 2.30 bits per heavy atom. The SMILES string of the molecule is CCN(CC1CCCN1)c1cc(Cl)c([N+](=O)[O-])cc1C. The summed E-state index contributed by atoms with van der Waals surface area (Å²) < 4.78 is 0. The molecule has 1 N–H and O–H groups in total. The first kappa shape index (κ1) is 15.1. The first-order chi connectivity index (χ1) is 9.52. The van der Waals surface area contributed by atoms with Crippen LogP contribution in [0.5, 0.6) is 0 Å². The quantitative estimate of drug-likeness (QED) is 0.670. The minimum Gasteiger partial charge on any atom is -0.370 e. The summed E-state index contributed by atoms with van der Waals surface area (Å²) in [6, 6.07) is 3.76. The minimum atomic E-state index is -0.437. The van der Waals surface area contributed by atoms with Gasteiger partial charge in [-0.15, -0.1) is 0 Å². The number of likely N-dealkylation sites (N-methyl/N-ethyl adjacent to an activating group) is 1. The molecule has 1 heterocycles.